The molecule has 0 unspecified atom stereocenters. The van der Waals surface area contributed by atoms with Gasteiger partial charge in [0.15, 0.2) is 0 Å². The number of carbonyl (C=O) groups excluding carboxylic acids is 2. The predicted octanol–water partition coefficient (Wildman–Crippen LogP) is 4.22. The molecule has 29 heavy (non-hydrogen) atoms. The van der Waals surface area contributed by atoms with Crippen molar-refractivity contribution in [2.45, 2.75) is 32.7 Å². The molecule has 2 aliphatic heterocycles. The van der Waals surface area contributed by atoms with Gasteiger partial charge in [-0.15, -0.1) is 0 Å². The van der Waals surface area contributed by atoms with E-state index < -0.39 is 11.9 Å². The summed E-state index contributed by atoms with van der Waals surface area (Å²) in [5.74, 6) is -0.717. The minimum Gasteiger partial charge on any atom is -0.369 e. The van der Waals surface area contributed by atoms with E-state index in [9.17, 15) is 14.0 Å². The third-order valence-corrected chi connectivity index (χ3v) is 5.40. The molecule has 0 saturated carbocycles. The molecule has 0 aliphatic carbocycles. The second-order valence-corrected chi connectivity index (χ2v) is 7.62. The average Bonchev–Trinajstić information content (AvgIpc) is 2.98. The van der Waals surface area contributed by atoms with Gasteiger partial charge in [-0.05, 0) is 55.5 Å². The zero-order valence-corrected chi connectivity index (χ0v) is 16.5. The van der Waals surface area contributed by atoms with Crippen molar-refractivity contribution in [3.8, 4) is 0 Å². The Hall–Kier alpha value is -3.15. The van der Waals surface area contributed by atoms with E-state index in [2.05, 4.69) is 10.2 Å². The van der Waals surface area contributed by atoms with Gasteiger partial charge in [-0.25, -0.2) is 9.18 Å². The number of hydrogen-bond donors (Lipinski definition) is 1. The zero-order chi connectivity index (χ0) is 20.4. The standard InChI is InChI=1S/C23H24FN3O2/c1-16-5-7-17(8-6-16)15-27-22(28)20(25-23(27)29)14-18-9-10-21(19(24)13-18)26-11-3-2-4-12-26/h5-10,13-14H,2-4,11-12,15H2,1H3,(H,25,29)/b20-14+. The van der Waals surface area contributed by atoms with Gasteiger partial charge in [0.2, 0.25) is 0 Å². The second-order valence-electron chi connectivity index (χ2n) is 7.62. The number of nitrogens with zero attached hydrogens (tertiary/aromatic N) is 2. The van der Waals surface area contributed by atoms with E-state index in [-0.39, 0.29) is 18.1 Å². The Balaban J connectivity index is 1.50. The third-order valence-electron chi connectivity index (χ3n) is 5.40. The Kier molecular flexibility index (Phi) is 5.34. The molecule has 0 aromatic heterocycles. The summed E-state index contributed by atoms with van der Waals surface area (Å²) in [6, 6.07) is 12.2. The Morgan fingerprint density at radius 3 is 2.45 bits per heavy atom. The number of anilines is 1. The fraction of sp³-hybridized carbons (Fsp3) is 0.304. The number of benzene rings is 2. The van der Waals surface area contributed by atoms with Crippen LogP contribution in [0.5, 0.6) is 0 Å². The van der Waals surface area contributed by atoms with Gasteiger partial charge in [-0.2, -0.15) is 0 Å². The number of hydrogen-bond acceptors (Lipinski definition) is 3. The maximum atomic E-state index is 14.6. The molecule has 2 saturated heterocycles. The molecule has 6 heteroatoms. The first kappa shape index (κ1) is 19.2. The first-order valence-electron chi connectivity index (χ1n) is 9.96. The van der Waals surface area contributed by atoms with Gasteiger partial charge in [-0.3, -0.25) is 9.69 Å². The lowest BCUT2D eigenvalue weighted by atomic mass is 10.1. The molecule has 0 radical (unpaired) electrons. The van der Waals surface area contributed by atoms with Crippen LogP contribution in [0.4, 0.5) is 14.9 Å². The Morgan fingerprint density at radius 2 is 1.76 bits per heavy atom. The summed E-state index contributed by atoms with van der Waals surface area (Å²) >= 11 is 0. The highest BCUT2D eigenvalue weighted by Crippen LogP contribution is 2.25. The normalized spacial score (nSPS) is 18.5. The van der Waals surface area contributed by atoms with Crippen LogP contribution in [0.15, 0.2) is 48.2 Å². The van der Waals surface area contributed by atoms with Gasteiger partial charge >= 0.3 is 6.03 Å². The number of piperidine rings is 1. The quantitative estimate of drug-likeness (QED) is 0.625. The number of urea groups is 1. The number of halogens is 1. The molecule has 2 aromatic carbocycles. The van der Waals surface area contributed by atoms with Crippen molar-refractivity contribution >= 4 is 23.7 Å². The number of carbonyl (C=O) groups is 2. The second kappa shape index (κ2) is 8.07. The summed E-state index contributed by atoms with van der Waals surface area (Å²) in [4.78, 5) is 28.1. The summed E-state index contributed by atoms with van der Waals surface area (Å²) in [5.41, 5.74) is 3.28. The van der Waals surface area contributed by atoms with Gasteiger partial charge in [0.1, 0.15) is 11.5 Å². The maximum absolute atomic E-state index is 14.6. The molecule has 2 aliphatic rings. The highest BCUT2D eigenvalue weighted by molar-refractivity contribution is 6.13. The Morgan fingerprint density at radius 1 is 1.03 bits per heavy atom. The van der Waals surface area contributed by atoms with E-state index in [0.717, 1.165) is 42.0 Å². The molecule has 0 spiro atoms. The zero-order valence-electron chi connectivity index (χ0n) is 16.5. The summed E-state index contributed by atoms with van der Waals surface area (Å²) in [5, 5.41) is 2.60. The first-order chi connectivity index (χ1) is 14.0. The van der Waals surface area contributed by atoms with Crippen LogP contribution in [0.1, 0.15) is 36.0 Å². The van der Waals surface area contributed by atoms with Gasteiger partial charge in [0, 0.05) is 13.1 Å². The monoisotopic (exact) mass is 393 g/mol. The van der Waals surface area contributed by atoms with E-state index in [4.69, 9.17) is 0 Å². The third kappa shape index (κ3) is 4.16. The SMILES string of the molecule is Cc1ccc(CN2C(=O)N/C(=C/c3ccc(N4CCCCC4)c(F)c3)C2=O)cc1. The molecule has 3 amide bonds. The minimum atomic E-state index is -0.466. The van der Waals surface area contributed by atoms with Crippen molar-refractivity contribution in [2.75, 3.05) is 18.0 Å². The van der Waals surface area contributed by atoms with E-state index in [0.29, 0.717) is 11.3 Å². The summed E-state index contributed by atoms with van der Waals surface area (Å²) in [6.45, 7) is 3.90. The molecule has 5 nitrogen and oxygen atoms in total. The Bertz CT molecular complexity index is 963. The van der Waals surface area contributed by atoms with Crippen LogP contribution in [-0.2, 0) is 11.3 Å². The van der Waals surface area contributed by atoms with Crippen LogP contribution in [0.3, 0.4) is 0 Å². The van der Waals surface area contributed by atoms with Gasteiger partial charge < -0.3 is 10.2 Å². The van der Waals surface area contributed by atoms with Crippen LogP contribution in [0, 0.1) is 12.7 Å². The number of imide groups is 1. The topological polar surface area (TPSA) is 52.7 Å². The molecular weight excluding hydrogens is 369 g/mol. The fourth-order valence-electron chi connectivity index (χ4n) is 3.76. The molecular formula is C23H24FN3O2. The molecule has 150 valence electrons. The van der Waals surface area contributed by atoms with Crippen molar-refractivity contribution in [3.63, 3.8) is 0 Å². The summed E-state index contributed by atoms with van der Waals surface area (Å²) in [7, 11) is 0. The molecule has 0 bridgehead atoms. The van der Waals surface area contributed by atoms with Crippen LogP contribution in [0.2, 0.25) is 0 Å². The van der Waals surface area contributed by atoms with Gasteiger partial charge in [-0.1, -0.05) is 35.9 Å². The van der Waals surface area contributed by atoms with Gasteiger partial charge in [0.05, 0.1) is 12.2 Å². The van der Waals surface area contributed by atoms with E-state index in [1.165, 1.54) is 18.6 Å². The lowest BCUT2D eigenvalue weighted by Gasteiger charge is -2.29. The smallest absolute Gasteiger partial charge is 0.329 e. The van der Waals surface area contributed by atoms with Crippen molar-refractivity contribution in [1.29, 1.82) is 0 Å². The molecule has 2 fully saturated rings. The fourth-order valence-corrected chi connectivity index (χ4v) is 3.76. The molecule has 1 N–H and O–H groups in total. The van der Waals surface area contributed by atoms with Crippen LogP contribution >= 0.6 is 0 Å². The lowest BCUT2D eigenvalue weighted by Crippen LogP contribution is -2.30. The number of nitrogens with one attached hydrogen (secondary N) is 1. The highest BCUT2D eigenvalue weighted by Gasteiger charge is 2.33. The van der Waals surface area contributed by atoms with Crippen LogP contribution in [0.25, 0.3) is 6.08 Å². The highest BCUT2D eigenvalue weighted by atomic mass is 19.1. The predicted molar refractivity (Wildman–Crippen MR) is 111 cm³/mol. The first-order valence-corrected chi connectivity index (χ1v) is 9.96. The largest absolute Gasteiger partial charge is 0.369 e. The molecule has 2 aromatic rings. The summed E-state index contributed by atoms with van der Waals surface area (Å²) < 4.78 is 14.6. The number of aryl methyl sites for hydroxylation is 1. The molecule has 0 atom stereocenters. The van der Waals surface area contributed by atoms with Crippen molar-refractivity contribution in [1.82, 2.24) is 10.2 Å². The van der Waals surface area contributed by atoms with Crippen molar-refractivity contribution in [2.24, 2.45) is 0 Å². The van der Waals surface area contributed by atoms with Crippen molar-refractivity contribution in [3.05, 3.63) is 70.7 Å². The lowest BCUT2D eigenvalue weighted by molar-refractivity contribution is -0.123. The number of rotatable bonds is 4. The summed E-state index contributed by atoms with van der Waals surface area (Å²) in [6.07, 6.45) is 4.85. The van der Waals surface area contributed by atoms with Crippen molar-refractivity contribution < 1.29 is 14.0 Å². The molecule has 4 rings (SSSR count). The van der Waals surface area contributed by atoms with E-state index in [1.807, 2.05) is 31.2 Å². The van der Waals surface area contributed by atoms with Crippen LogP contribution < -0.4 is 10.2 Å². The molecule has 2 heterocycles. The average molecular weight is 393 g/mol. The van der Waals surface area contributed by atoms with E-state index in [1.54, 1.807) is 12.1 Å². The minimum absolute atomic E-state index is 0.159. The number of amides is 3. The Labute approximate surface area is 169 Å². The van der Waals surface area contributed by atoms with E-state index >= 15 is 0 Å². The maximum Gasteiger partial charge on any atom is 0.329 e. The van der Waals surface area contributed by atoms with Gasteiger partial charge in [0.25, 0.3) is 5.91 Å². The van der Waals surface area contributed by atoms with Crippen LogP contribution in [-0.4, -0.2) is 29.9 Å².